The van der Waals surface area contributed by atoms with E-state index in [1.165, 1.54) is 0 Å². The van der Waals surface area contributed by atoms with E-state index in [4.69, 9.17) is 4.74 Å². The average molecular weight is 167 g/mol. The van der Waals surface area contributed by atoms with Crippen molar-refractivity contribution in [3.8, 4) is 5.75 Å². The molecule has 2 heteroatoms. The first-order valence-corrected chi connectivity index (χ1v) is 4.64. The quantitative estimate of drug-likeness (QED) is 0.503. The van der Waals surface area contributed by atoms with Gasteiger partial charge < -0.3 is 4.74 Å². The lowest BCUT2D eigenvalue weighted by Crippen LogP contribution is -1.91. The minimum Gasteiger partial charge on any atom is -0.483 e. The Morgan fingerprint density at radius 1 is 1.27 bits per heavy atom. The van der Waals surface area contributed by atoms with E-state index in [-0.39, 0.29) is 0 Å². The number of ether oxygens (including phenoxy) is 1. The van der Waals surface area contributed by atoms with E-state index in [1.807, 2.05) is 30.3 Å². The molecule has 1 nitrogen and oxygen atoms in total. The minimum absolute atomic E-state index is 0.688. The number of thioether (sulfide) groups is 1. The highest BCUT2D eigenvalue weighted by atomic mass is 32.2. The zero-order valence-corrected chi connectivity index (χ0v) is 7.14. The molecule has 0 saturated heterocycles. The zero-order valence-electron chi connectivity index (χ0n) is 6.32. The SMILES string of the molecule is [CH2]CSCOc1ccccc1. The third-order valence-corrected chi connectivity index (χ3v) is 1.77. The Morgan fingerprint density at radius 2 is 2.00 bits per heavy atom. The van der Waals surface area contributed by atoms with Crippen molar-refractivity contribution in [1.29, 1.82) is 0 Å². The summed E-state index contributed by atoms with van der Waals surface area (Å²) >= 11 is 1.67. The predicted molar refractivity (Wildman–Crippen MR) is 49.8 cm³/mol. The Kier molecular flexibility index (Phi) is 3.91. The molecule has 0 aliphatic heterocycles. The Morgan fingerprint density at radius 3 is 2.64 bits per heavy atom. The zero-order chi connectivity index (χ0) is 7.94. The first-order chi connectivity index (χ1) is 5.43. The van der Waals surface area contributed by atoms with Gasteiger partial charge in [0.25, 0.3) is 0 Å². The monoisotopic (exact) mass is 167 g/mol. The lowest BCUT2D eigenvalue weighted by Gasteiger charge is -2.02. The van der Waals surface area contributed by atoms with Crippen molar-refractivity contribution < 1.29 is 4.74 Å². The Bertz CT molecular complexity index is 186. The van der Waals surface area contributed by atoms with Crippen molar-refractivity contribution in [2.24, 2.45) is 0 Å². The first kappa shape index (κ1) is 8.47. The molecule has 1 rings (SSSR count). The molecule has 0 aromatic heterocycles. The van der Waals surface area contributed by atoms with Gasteiger partial charge in [0.2, 0.25) is 0 Å². The van der Waals surface area contributed by atoms with Gasteiger partial charge in [-0.1, -0.05) is 18.2 Å². The summed E-state index contributed by atoms with van der Waals surface area (Å²) in [7, 11) is 0. The molecule has 0 fully saturated rings. The molecule has 0 unspecified atom stereocenters. The number of hydrogen-bond donors (Lipinski definition) is 0. The van der Waals surface area contributed by atoms with Crippen LogP contribution in [-0.4, -0.2) is 11.7 Å². The Hall–Kier alpha value is -0.630. The van der Waals surface area contributed by atoms with Crippen molar-refractivity contribution >= 4 is 11.8 Å². The maximum Gasteiger partial charge on any atom is 0.134 e. The molecular formula is C9H11OS. The van der Waals surface area contributed by atoms with Gasteiger partial charge in [-0.15, -0.1) is 11.8 Å². The molecule has 1 radical (unpaired) electrons. The highest BCUT2D eigenvalue weighted by Crippen LogP contribution is 2.10. The van der Waals surface area contributed by atoms with E-state index in [0.29, 0.717) is 5.94 Å². The first-order valence-electron chi connectivity index (χ1n) is 3.48. The Balaban J connectivity index is 2.28. The Labute approximate surface area is 71.8 Å². The average Bonchev–Trinajstić information content (AvgIpc) is 2.07. The van der Waals surface area contributed by atoms with Crippen molar-refractivity contribution in [2.75, 3.05) is 11.7 Å². The predicted octanol–water partition coefficient (Wildman–Crippen LogP) is 2.59. The third kappa shape index (κ3) is 3.33. The summed E-state index contributed by atoms with van der Waals surface area (Å²) in [4.78, 5) is 0. The topological polar surface area (TPSA) is 9.23 Å². The van der Waals surface area contributed by atoms with Crippen LogP contribution in [0.2, 0.25) is 0 Å². The molecule has 0 amide bonds. The molecule has 0 atom stereocenters. The van der Waals surface area contributed by atoms with Crippen molar-refractivity contribution in [3.05, 3.63) is 37.3 Å². The second kappa shape index (κ2) is 5.08. The van der Waals surface area contributed by atoms with Crippen molar-refractivity contribution in [2.45, 2.75) is 0 Å². The third-order valence-electron chi connectivity index (χ3n) is 1.20. The van der Waals surface area contributed by atoms with Crippen LogP contribution < -0.4 is 4.74 Å². The van der Waals surface area contributed by atoms with E-state index < -0.39 is 0 Å². The molecule has 0 N–H and O–H groups in total. The van der Waals surface area contributed by atoms with E-state index in [1.54, 1.807) is 11.8 Å². The van der Waals surface area contributed by atoms with E-state index in [9.17, 15) is 0 Å². The van der Waals surface area contributed by atoms with Gasteiger partial charge in [0.05, 0.1) is 0 Å². The molecule has 59 valence electrons. The molecule has 11 heavy (non-hydrogen) atoms. The minimum atomic E-state index is 0.688. The van der Waals surface area contributed by atoms with E-state index in [2.05, 4.69) is 6.92 Å². The summed E-state index contributed by atoms with van der Waals surface area (Å²) in [5.41, 5.74) is 0. The molecular weight excluding hydrogens is 156 g/mol. The fraction of sp³-hybridized carbons (Fsp3) is 0.222. The van der Waals surface area contributed by atoms with Crippen LogP contribution in [0.1, 0.15) is 0 Å². The van der Waals surface area contributed by atoms with Crippen LogP contribution in [0.5, 0.6) is 5.75 Å². The van der Waals surface area contributed by atoms with Crippen molar-refractivity contribution in [3.63, 3.8) is 0 Å². The van der Waals surface area contributed by atoms with Gasteiger partial charge in [-0.3, -0.25) is 0 Å². The van der Waals surface area contributed by atoms with Crippen LogP contribution in [0.3, 0.4) is 0 Å². The van der Waals surface area contributed by atoms with Crippen molar-refractivity contribution in [1.82, 2.24) is 0 Å². The second-order valence-corrected chi connectivity index (χ2v) is 3.04. The van der Waals surface area contributed by atoms with Crippen LogP contribution in [0.4, 0.5) is 0 Å². The normalized spacial score (nSPS) is 9.55. The lowest BCUT2D eigenvalue weighted by atomic mass is 10.3. The number of para-hydroxylation sites is 1. The maximum absolute atomic E-state index is 5.37. The molecule has 0 heterocycles. The molecule has 1 aromatic rings. The molecule has 1 aromatic carbocycles. The van der Waals surface area contributed by atoms with E-state index >= 15 is 0 Å². The van der Waals surface area contributed by atoms with Gasteiger partial charge in [-0.05, 0) is 24.8 Å². The molecule has 0 bridgehead atoms. The van der Waals surface area contributed by atoms with Gasteiger partial charge in [0, 0.05) is 0 Å². The summed E-state index contributed by atoms with van der Waals surface area (Å²) in [6.07, 6.45) is 0. The van der Waals surface area contributed by atoms with Gasteiger partial charge in [-0.25, -0.2) is 0 Å². The van der Waals surface area contributed by atoms with Crippen LogP contribution in [-0.2, 0) is 0 Å². The summed E-state index contributed by atoms with van der Waals surface area (Å²) in [6, 6.07) is 9.79. The molecule has 0 spiro atoms. The molecule has 0 aliphatic carbocycles. The van der Waals surface area contributed by atoms with Crippen LogP contribution >= 0.6 is 11.8 Å². The highest BCUT2D eigenvalue weighted by molar-refractivity contribution is 7.99. The standard InChI is InChI=1S/C9H11OS/c1-2-11-8-10-9-6-4-3-5-7-9/h3-7H,1-2,8H2. The number of benzene rings is 1. The van der Waals surface area contributed by atoms with Crippen LogP contribution in [0, 0.1) is 6.92 Å². The maximum atomic E-state index is 5.37. The lowest BCUT2D eigenvalue weighted by molar-refractivity contribution is 0.393. The van der Waals surface area contributed by atoms with Gasteiger partial charge in [0.15, 0.2) is 0 Å². The number of rotatable bonds is 4. The van der Waals surface area contributed by atoms with Crippen LogP contribution in [0.25, 0.3) is 0 Å². The summed E-state index contributed by atoms with van der Waals surface area (Å²) in [5, 5.41) is 0. The second-order valence-electron chi connectivity index (χ2n) is 1.98. The summed E-state index contributed by atoms with van der Waals surface area (Å²) in [5.74, 6) is 2.47. The summed E-state index contributed by atoms with van der Waals surface area (Å²) < 4.78 is 5.37. The largest absolute Gasteiger partial charge is 0.483 e. The van der Waals surface area contributed by atoms with Gasteiger partial charge in [0.1, 0.15) is 11.7 Å². The van der Waals surface area contributed by atoms with Crippen LogP contribution in [0.15, 0.2) is 30.3 Å². The smallest absolute Gasteiger partial charge is 0.134 e. The fourth-order valence-electron chi connectivity index (χ4n) is 0.685. The summed E-state index contributed by atoms with van der Waals surface area (Å²) in [6.45, 7) is 3.70. The van der Waals surface area contributed by atoms with Gasteiger partial charge >= 0.3 is 0 Å². The van der Waals surface area contributed by atoms with E-state index in [0.717, 1.165) is 11.5 Å². The molecule has 0 saturated carbocycles. The number of hydrogen-bond acceptors (Lipinski definition) is 2. The highest BCUT2D eigenvalue weighted by Gasteiger charge is 1.88. The van der Waals surface area contributed by atoms with Gasteiger partial charge in [-0.2, -0.15) is 0 Å². The molecule has 0 aliphatic rings. The fourth-order valence-corrected chi connectivity index (χ4v) is 1.02.